The van der Waals surface area contributed by atoms with Gasteiger partial charge in [0.2, 0.25) is 10.0 Å². The number of anilines is 1. The van der Waals surface area contributed by atoms with Gasteiger partial charge in [0.15, 0.2) is 5.88 Å². The predicted octanol–water partition coefficient (Wildman–Crippen LogP) is 3.10. The number of piperidine rings is 1. The highest BCUT2D eigenvalue weighted by molar-refractivity contribution is 7.92. The number of aromatic nitrogens is 4. The van der Waals surface area contributed by atoms with Crippen molar-refractivity contribution in [2.45, 2.75) is 38.9 Å². The number of ether oxygens (including phenoxy) is 1. The molecule has 7 rings (SSSR count). The summed E-state index contributed by atoms with van der Waals surface area (Å²) in [5.74, 6) is 1.14. The number of aryl methyl sites for hydroxylation is 1. The van der Waals surface area contributed by atoms with Gasteiger partial charge in [0, 0.05) is 42.7 Å². The normalized spacial score (nSPS) is 21.9. The van der Waals surface area contributed by atoms with Crippen LogP contribution < -0.4 is 14.8 Å². The molecular weight excluding hydrogens is 568 g/mol. The predicted molar refractivity (Wildman–Crippen MR) is 152 cm³/mol. The lowest BCUT2D eigenvalue weighted by molar-refractivity contribution is 0.0772. The second kappa shape index (κ2) is 9.36. The minimum absolute atomic E-state index is 0.0255. The summed E-state index contributed by atoms with van der Waals surface area (Å²) in [6.07, 6.45) is 2.78. The number of hydrogen-bond acceptors (Lipinski definition) is 7. The highest BCUT2D eigenvalue weighted by Crippen LogP contribution is 2.44. The van der Waals surface area contributed by atoms with E-state index in [0.717, 1.165) is 24.8 Å². The topological polar surface area (TPSA) is 128 Å². The zero-order valence-electron chi connectivity index (χ0n) is 23.4. The molecule has 2 saturated carbocycles. The summed E-state index contributed by atoms with van der Waals surface area (Å²) in [5, 5.41) is 0.669. The third-order valence-corrected chi connectivity index (χ3v) is 9.85. The number of halogens is 2. The van der Waals surface area contributed by atoms with Crippen molar-refractivity contribution >= 4 is 38.4 Å². The largest absolute Gasteiger partial charge is 0.482 e. The number of hydrogen-bond donors (Lipinski definition) is 1. The maximum atomic E-state index is 13.8. The van der Waals surface area contributed by atoms with E-state index in [1.54, 1.807) is 18.2 Å². The highest BCUT2D eigenvalue weighted by atomic mass is 32.2. The first-order valence-corrected chi connectivity index (χ1v) is 15.7. The van der Waals surface area contributed by atoms with Crippen LogP contribution in [0, 0.1) is 24.7 Å². The zero-order valence-corrected chi connectivity index (χ0v) is 24.2. The number of imidazole rings is 1. The summed E-state index contributed by atoms with van der Waals surface area (Å²) in [7, 11) is -2.72. The van der Waals surface area contributed by atoms with Crippen LogP contribution in [0.2, 0.25) is 0 Å². The van der Waals surface area contributed by atoms with E-state index >= 15 is 0 Å². The third kappa shape index (κ3) is 4.30. The molecule has 0 radical (unpaired) electrons. The summed E-state index contributed by atoms with van der Waals surface area (Å²) in [6.45, 7) is 0.500. The molecule has 0 aromatic carbocycles. The number of carbonyl (C=O) groups is 1. The van der Waals surface area contributed by atoms with Crippen molar-refractivity contribution in [3.8, 4) is 17.3 Å². The molecule has 11 nitrogen and oxygen atoms in total. The SMILES string of the molecule is COc1cc(C(=O)N2C[C@@H]3[C@@H](N)[C@@H]3C2)cc2nc(-c3cc4ccc(N(C(F)F)S(C)(=O)=O)nc4n3CC3CC3)c(C)n12. The fourth-order valence-corrected chi connectivity index (χ4v) is 7.04. The summed E-state index contributed by atoms with van der Waals surface area (Å²) in [4.78, 5) is 24.5. The van der Waals surface area contributed by atoms with Crippen LogP contribution in [-0.4, -0.2) is 77.2 Å². The van der Waals surface area contributed by atoms with E-state index < -0.39 is 16.6 Å². The van der Waals surface area contributed by atoms with Crippen molar-refractivity contribution in [3.05, 3.63) is 41.6 Å². The van der Waals surface area contributed by atoms with E-state index in [-0.39, 0.29) is 22.1 Å². The zero-order chi connectivity index (χ0) is 29.7. The Kier molecular flexibility index (Phi) is 6.04. The number of amides is 1. The van der Waals surface area contributed by atoms with Gasteiger partial charge in [0.05, 0.1) is 24.8 Å². The maximum Gasteiger partial charge on any atom is 0.329 e. The van der Waals surface area contributed by atoms with E-state index in [4.69, 9.17) is 15.5 Å². The Morgan fingerprint density at radius 1 is 1.17 bits per heavy atom. The first kappa shape index (κ1) is 27.1. The monoisotopic (exact) mass is 599 g/mol. The molecule has 3 aliphatic rings. The molecule has 14 heteroatoms. The highest BCUT2D eigenvalue weighted by Gasteiger charge is 2.54. The van der Waals surface area contributed by atoms with Crippen LogP contribution in [0.3, 0.4) is 0 Å². The van der Waals surface area contributed by atoms with Crippen LogP contribution in [0.4, 0.5) is 14.6 Å². The Hall–Kier alpha value is -3.78. The number of alkyl halides is 2. The van der Waals surface area contributed by atoms with Gasteiger partial charge in [-0.15, -0.1) is 0 Å². The van der Waals surface area contributed by atoms with Crippen molar-refractivity contribution in [3.63, 3.8) is 0 Å². The molecule has 5 heterocycles. The van der Waals surface area contributed by atoms with Gasteiger partial charge in [-0.3, -0.25) is 9.20 Å². The first-order valence-electron chi connectivity index (χ1n) is 13.9. The lowest BCUT2D eigenvalue weighted by Crippen LogP contribution is -2.35. The number of nitrogens with zero attached hydrogens (tertiary/aromatic N) is 6. The quantitative estimate of drug-likeness (QED) is 0.308. The Morgan fingerprint density at radius 3 is 2.50 bits per heavy atom. The molecule has 4 aromatic heterocycles. The fourth-order valence-electron chi connectivity index (χ4n) is 6.31. The van der Waals surface area contributed by atoms with Gasteiger partial charge in [-0.2, -0.15) is 13.1 Å². The first-order chi connectivity index (χ1) is 20.0. The van der Waals surface area contributed by atoms with E-state index in [1.165, 1.54) is 13.2 Å². The Balaban J connectivity index is 1.34. The second-order valence-corrected chi connectivity index (χ2v) is 13.5. The molecular formula is C28H31F2N7O4S. The van der Waals surface area contributed by atoms with E-state index in [0.29, 0.717) is 76.9 Å². The van der Waals surface area contributed by atoms with Crippen molar-refractivity contribution in [1.29, 1.82) is 0 Å². The molecule has 3 atom stereocenters. The second-order valence-electron chi connectivity index (χ2n) is 11.6. The summed E-state index contributed by atoms with van der Waals surface area (Å²) in [6, 6.07) is 8.42. The van der Waals surface area contributed by atoms with Gasteiger partial charge in [0.25, 0.3) is 5.91 Å². The van der Waals surface area contributed by atoms with Crippen LogP contribution in [-0.2, 0) is 16.6 Å². The van der Waals surface area contributed by atoms with Crippen LogP contribution >= 0.6 is 0 Å². The summed E-state index contributed by atoms with van der Waals surface area (Å²) < 4.78 is 61.3. The van der Waals surface area contributed by atoms with Gasteiger partial charge < -0.3 is 19.9 Å². The minimum Gasteiger partial charge on any atom is -0.482 e. The van der Waals surface area contributed by atoms with Crippen molar-refractivity contribution in [1.82, 2.24) is 23.8 Å². The van der Waals surface area contributed by atoms with E-state index in [2.05, 4.69) is 4.98 Å². The summed E-state index contributed by atoms with van der Waals surface area (Å²) >= 11 is 0. The molecule has 2 aliphatic carbocycles. The standard InChI is InChI=1S/C28H31F2N7O4S/c1-14-25(32-22-9-17(10-23(41-2)36(14)22)27(38)34-12-18-19(13-34)24(18)31)20-8-16-6-7-21(37(28(29)30)42(3,39)40)33-26(16)35(20)11-15-4-5-15/h6-10,15,18-19,24,28H,4-5,11-13,31H2,1-3H3/t18-,19+,24+. The van der Waals surface area contributed by atoms with Gasteiger partial charge >= 0.3 is 6.55 Å². The van der Waals surface area contributed by atoms with Gasteiger partial charge in [-0.1, -0.05) is 0 Å². The van der Waals surface area contributed by atoms with Gasteiger partial charge in [-0.25, -0.2) is 18.4 Å². The van der Waals surface area contributed by atoms with Crippen LogP contribution in [0.5, 0.6) is 5.88 Å². The molecule has 0 spiro atoms. The van der Waals surface area contributed by atoms with Crippen molar-refractivity contribution < 1.29 is 26.7 Å². The smallest absolute Gasteiger partial charge is 0.329 e. The van der Waals surface area contributed by atoms with Gasteiger partial charge in [-0.05, 0) is 61.8 Å². The molecule has 2 N–H and O–H groups in total. The number of fused-ring (bicyclic) bond motifs is 3. The van der Waals surface area contributed by atoms with Crippen LogP contribution in [0.25, 0.3) is 28.1 Å². The van der Waals surface area contributed by atoms with Crippen molar-refractivity contribution in [2.75, 3.05) is 30.8 Å². The van der Waals surface area contributed by atoms with Crippen molar-refractivity contribution in [2.24, 2.45) is 23.5 Å². The summed E-state index contributed by atoms with van der Waals surface area (Å²) in [5.41, 5.74) is 9.57. The molecule has 42 heavy (non-hydrogen) atoms. The lowest BCUT2D eigenvalue weighted by Gasteiger charge is -2.20. The molecule has 4 aromatic rings. The number of carbonyl (C=O) groups excluding carboxylic acids is 1. The number of rotatable bonds is 8. The average molecular weight is 600 g/mol. The van der Waals surface area contributed by atoms with E-state index in [9.17, 15) is 22.0 Å². The van der Waals surface area contributed by atoms with Gasteiger partial charge in [0.1, 0.15) is 22.8 Å². The molecule has 1 aliphatic heterocycles. The maximum absolute atomic E-state index is 13.8. The Morgan fingerprint density at radius 2 is 1.88 bits per heavy atom. The Labute approximate surface area is 240 Å². The molecule has 3 fully saturated rings. The minimum atomic E-state index is -4.26. The lowest BCUT2D eigenvalue weighted by atomic mass is 10.2. The van der Waals surface area contributed by atoms with Crippen LogP contribution in [0.15, 0.2) is 30.3 Å². The molecule has 0 bridgehead atoms. The number of nitrogens with two attached hydrogens (primary N) is 1. The molecule has 1 saturated heterocycles. The third-order valence-electron chi connectivity index (χ3n) is 8.79. The average Bonchev–Trinajstić information content (AvgIpc) is 3.69. The molecule has 222 valence electrons. The number of likely N-dealkylation sites (tertiary alicyclic amines) is 1. The van der Waals surface area contributed by atoms with Crippen LogP contribution in [0.1, 0.15) is 28.9 Å². The number of sulfonamides is 1. The fraction of sp³-hybridized carbons (Fsp3) is 0.464. The molecule has 0 unspecified atom stereocenters. The Bertz CT molecular complexity index is 1850. The van der Waals surface area contributed by atoms with E-state index in [1.807, 2.05) is 26.9 Å². The number of pyridine rings is 2. The molecule has 1 amide bonds. The number of methoxy groups -OCH3 is 1.